The fourth-order valence-corrected chi connectivity index (χ4v) is 3.43. The Morgan fingerprint density at radius 1 is 1.23 bits per heavy atom. The van der Waals surface area contributed by atoms with E-state index in [1.807, 2.05) is 48.5 Å². The Morgan fingerprint density at radius 3 is 2.73 bits per heavy atom. The molecular formula is C18H16N6OS. The minimum absolute atomic E-state index is 0.190. The molecule has 3 N–H and O–H groups in total. The van der Waals surface area contributed by atoms with Gasteiger partial charge >= 0.3 is 0 Å². The van der Waals surface area contributed by atoms with Crippen molar-refractivity contribution in [3.05, 3.63) is 60.8 Å². The molecule has 4 rings (SSSR count). The lowest BCUT2D eigenvalue weighted by Crippen LogP contribution is -2.33. The first-order valence-electron chi connectivity index (χ1n) is 7.84. The number of anilines is 2. The summed E-state index contributed by atoms with van der Waals surface area (Å²) in [4.78, 5) is 4.56. The second-order valence-corrected chi connectivity index (χ2v) is 6.55. The Labute approximate surface area is 154 Å². The van der Waals surface area contributed by atoms with E-state index in [9.17, 15) is 0 Å². The third-order valence-electron chi connectivity index (χ3n) is 3.84. The van der Waals surface area contributed by atoms with Gasteiger partial charge in [-0.3, -0.25) is 16.3 Å². The number of ether oxygens (including phenoxy) is 1. The number of thiazole rings is 1. The molecule has 1 fully saturated rings. The lowest BCUT2D eigenvalue weighted by molar-refractivity contribution is 0.415. The van der Waals surface area contributed by atoms with Crippen LogP contribution in [-0.2, 0) is 0 Å². The van der Waals surface area contributed by atoms with Crippen LogP contribution in [0.25, 0.3) is 10.2 Å². The van der Waals surface area contributed by atoms with E-state index in [0.717, 1.165) is 21.7 Å². The highest BCUT2D eigenvalue weighted by Gasteiger charge is 2.31. The van der Waals surface area contributed by atoms with Crippen molar-refractivity contribution in [2.45, 2.75) is 0 Å². The van der Waals surface area contributed by atoms with Gasteiger partial charge in [-0.2, -0.15) is 5.10 Å². The Bertz CT molecular complexity index is 991. The number of hydrogen-bond donors (Lipinski definition) is 3. The quantitative estimate of drug-likeness (QED) is 0.616. The Balaban J connectivity index is 1.56. The fourth-order valence-electron chi connectivity index (χ4n) is 2.50. The van der Waals surface area contributed by atoms with E-state index in [2.05, 4.69) is 27.5 Å². The van der Waals surface area contributed by atoms with Gasteiger partial charge in [-0.15, -0.1) is 0 Å². The van der Waals surface area contributed by atoms with Crippen molar-refractivity contribution in [2.24, 2.45) is 5.10 Å². The van der Waals surface area contributed by atoms with Crippen LogP contribution < -0.4 is 20.6 Å². The largest absolute Gasteiger partial charge is 0.497 e. The molecule has 1 saturated heterocycles. The first-order valence-corrected chi connectivity index (χ1v) is 8.65. The Morgan fingerprint density at radius 2 is 2.00 bits per heavy atom. The predicted molar refractivity (Wildman–Crippen MR) is 106 cm³/mol. The van der Waals surface area contributed by atoms with Crippen molar-refractivity contribution >= 4 is 43.9 Å². The smallest absolute Gasteiger partial charge is 0.211 e. The molecule has 0 spiro atoms. The summed E-state index contributed by atoms with van der Waals surface area (Å²) in [7, 11) is 1.62. The van der Waals surface area contributed by atoms with E-state index in [0.29, 0.717) is 16.5 Å². The molecule has 0 bridgehead atoms. The molecule has 2 aromatic carbocycles. The third kappa shape index (κ3) is 2.86. The molecule has 26 heavy (non-hydrogen) atoms. The van der Waals surface area contributed by atoms with Crippen LogP contribution >= 0.6 is 11.3 Å². The number of aromatic nitrogens is 1. The maximum Gasteiger partial charge on any atom is 0.211 e. The van der Waals surface area contributed by atoms with E-state index in [4.69, 9.17) is 10.1 Å². The van der Waals surface area contributed by atoms with Gasteiger partial charge in [-0.25, -0.2) is 9.99 Å². The zero-order valence-electron chi connectivity index (χ0n) is 14.0. The van der Waals surface area contributed by atoms with Gasteiger partial charge in [0.25, 0.3) is 0 Å². The summed E-state index contributed by atoms with van der Waals surface area (Å²) in [5.74, 6) is 0.958. The van der Waals surface area contributed by atoms with E-state index in [-0.39, 0.29) is 5.84 Å². The topological polar surface area (TPSA) is 85.6 Å². The molecule has 0 amide bonds. The normalized spacial score (nSPS) is 15.6. The maximum atomic E-state index is 8.41. The molecule has 2 heterocycles. The van der Waals surface area contributed by atoms with Gasteiger partial charge in [-0.1, -0.05) is 30.0 Å². The van der Waals surface area contributed by atoms with Crippen LogP contribution in [0.1, 0.15) is 0 Å². The fraction of sp³-hybridized carbons (Fsp3) is 0.0556. The molecule has 0 aliphatic carbocycles. The van der Waals surface area contributed by atoms with Crippen molar-refractivity contribution in [2.75, 3.05) is 17.5 Å². The van der Waals surface area contributed by atoms with Gasteiger partial charge in [0.1, 0.15) is 5.75 Å². The Kier molecular flexibility index (Phi) is 4.02. The summed E-state index contributed by atoms with van der Waals surface area (Å²) in [6.07, 6.45) is 0. The number of fused-ring (bicyclic) bond motifs is 1. The minimum Gasteiger partial charge on any atom is -0.497 e. The molecule has 0 saturated carbocycles. The molecule has 0 atom stereocenters. The van der Waals surface area contributed by atoms with Crippen molar-refractivity contribution < 1.29 is 4.74 Å². The van der Waals surface area contributed by atoms with Crippen molar-refractivity contribution in [1.29, 1.82) is 5.41 Å². The summed E-state index contributed by atoms with van der Waals surface area (Å²) in [6, 6.07) is 15.2. The molecule has 0 unspecified atom stereocenters. The molecule has 7 nitrogen and oxygen atoms in total. The van der Waals surface area contributed by atoms with Crippen LogP contribution in [0.15, 0.2) is 65.9 Å². The number of hydrazine groups is 1. The summed E-state index contributed by atoms with van der Waals surface area (Å²) in [5.41, 5.74) is 8.66. The second kappa shape index (κ2) is 6.49. The lowest BCUT2D eigenvalue weighted by atomic mass is 10.3. The van der Waals surface area contributed by atoms with Crippen LogP contribution in [0.4, 0.5) is 10.8 Å². The summed E-state index contributed by atoms with van der Waals surface area (Å²) < 4.78 is 6.19. The van der Waals surface area contributed by atoms with Crippen LogP contribution in [-0.4, -0.2) is 23.6 Å². The number of hydrogen-bond acceptors (Lipinski definition) is 7. The first-order chi connectivity index (χ1) is 12.7. The third-order valence-corrected chi connectivity index (χ3v) is 4.86. The first kappa shape index (κ1) is 16.1. The van der Waals surface area contributed by atoms with Crippen LogP contribution in [0.5, 0.6) is 5.75 Å². The van der Waals surface area contributed by atoms with Crippen molar-refractivity contribution in [1.82, 2.24) is 10.4 Å². The summed E-state index contributed by atoms with van der Waals surface area (Å²) in [6.45, 7) is 3.95. The molecule has 8 heteroatoms. The molecule has 1 aromatic heterocycles. The highest BCUT2D eigenvalue weighted by molar-refractivity contribution is 7.22. The monoisotopic (exact) mass is 364 g/mol. The number of benzene rings is 2. The van der Waals surface area contributed by atoms with E-state index < -0.39 is 0 Å². The minimum atomic E-state index is 0.190. The van der Waals surface area contributed by atoms with Gasteiger partial charge in [-0.05, 0) is 36.4 Å². The van der Waals surface area contributed by atoms with Gasteiger partial charge in [0.2, 0.25) is 5.13 Å². The molecule has 130 valence electrons. The standard InChI is InChI=1S/C18H16N6OS/c1-11-16(22-21-12-7-9-13(25-2)10-8-12)17(19)24(23-11)18-20-14-5-3-4-6-15(14)26-18/h3-10,19,21,23H,1H2,2H3. The Hall–Kier alpha value is -3.39. The second-order valence-electron chi connectivity index (χ2n) is 5.54. The highest BCUT2D eigenvalue weighted by Crippen LogP contribution is 2.30. The van der Waals surface area contributed by atoms with E-state index in [1.54, 1.807) is 12.1 Å². The van der Waals surface area contributed by atoms with Crippen LogP contribution in [0, 0.1) is 5.41 Å². The molecule has 1 aliphatic heterocycles. The maximum absolute atomic E-state index is 8.41. The number of methoxy groups -OCH3 is 1. The van der Waals surface area contributed by atoms with Gasteiger partial charge in [0.15, 0.2) is 11.5 Å². The number of para-hydroxylation sites is 1. The van der Waals surface area contributed by atoms with E-state index >= 15 is 0 Å². The van der Waals surface area contributed by atoms with E-state index in [1.165, 1.54) is 11.3 Å². The average molecular weight is 364 g/mol. The molecule has 3 aromatic rings. The lowest BCUT2D eigenvalue weighted by Gasteiger charge is -2.12. The number of hydrazone groups is 1. The van der Waals surface area contributed by atoms with Crippen LogP contribution in [0.2, 0.25) is 0 Å². The van der Waals surface area contributed by atoms with Crippen molar-refractivity contribution in [3.63, 3.8) is 0 Å². The van der Waals surface area contributed by atoms with Gasteiger partial charge < -0.3 is 4.74 Å². The molecule has 0 radical (unpaired) electrons. The number of rotatable bonds is 4. The zero-order valence-corrected chi connectivity index (χ0v) is 14.8. The van der Waals surface area contributed by atoms with Crippen LogP contribution in [0.3, 0.4) is 0 Å². The highest BCUT2D eigenvalue weighted by atomic mass is 32.1. The van der Waals surface area contributed by atoms with Crippen molar-refractivity contribution in [3.8, 4) is 5.75 Å². The number of nitrogens with zero attached hydrogens (tertiary/aromatic N) is 3. The number of nitrogens with one attached hydrogen (secondary N) is 3. The predicted octanol–water partition coefficient (Wildman–Crippen LogP) is 3.59. The molecular weight excluding hydrogens is 348 g/mol. The zero-order chi connectivity index (χ0) is 18.1. The molecule has 1 aliphatic rings. The van der Waals surface area contributed by atoms with Gasteiger partial charge in [0, 0.05) is 0 Å². The number of amidine groups is 1. The SMILES string of the molecule is C=C1NN(c2nc3ccccc3s2)C(=N)C1=NNc1ccc(OC)cc1. The summed E-state index contributed by atoms with van der Waals surface area (Å²) in [5, 5.41) is 15.0. The van der Waals surface area contributed by atoms with Gasteiger partial charge in [0.05, 0.1) is 28.7 Å². The average Bonchev–Trinajstić information content (AvgIpc) is 3.21. The summed E-state index contributed by atoms with van der Waals surface area (Å²) >= 11 is 1.50.